The first-order chi connectivity index (χ1) is 12.9. The highest BCUT2D eigenvalue weighted by atomic mass is 19.1. The minimum Gasteiger partial charge on any atom is -0.382 e. The topological polar surface area (TPSA) is 113 Å². The van der Waals surface area contributed by atoms with Gasteiger partial charge in [-0.3, -0.25) is 4.79 Å². The molecule has 8 heteroatoms. The number of aromatic nitrogens is 4. The standard InChI is InChI=1S/C19H21FN6O/c1-10-7-11-3-2-4-12(11)8-13(10)9-15-23-16-17(22)24-19(20)25-18(16)26(15)6-5-14(21)27/h7-8H,2-6,9H2,1H3,(H2,21,27)(H2,22,24,25). The average molecular weight is 368 g/mol. The fourth-order valence-corrected chi connectivity index (χ4v) is 3.79. The van der Waals surface area contributed by atoms with Crippen LogP contribution in [0.25, 0.3) is 11.2 Å². The Balaban J connectivity index is 1.80. The van der Waals surface area contributed by atoms with E-state index in [2.05, 4.69) is 34.0 Å². The van der Waals surface area contributed by atoms with Gasteiger partial charge in [-0.2, -0.15) is 14.4 Å². The molecule has 3 aromatic rings. The summed E-state index contributed by atoms with van der Waals surface area (Å²) in [5.74, 6) is 0.208. The summed E-state index contributed by atoms with van der Waals surface area (Å²) in [6.45, 7) is 2.35. The van der Waals surface area contributed by atoms with Gasteiger partial charge in [0.15, 0.2) is 17.0 Å². The molecule has 0 unspecified atom stereocenters. The van der Waals surface area contributed by atoms with Gasteiger partial charge in [0.1, 0.15) is 5.82 Å². The smallest absolute Gasteiger partial charge is 0.312 e. The lowest BCUT2D eigenvalue weighted by molar-refractivity contribution is -0.118. The summed E-state index contributed by atoms with van der Waals surface area (Å²) in [6, 6.07) is 4.47. The summed E-state index contributed by atoms with van der Waals surface area (Å²) in [4.78, 5) is 23.2. The van der Waals surface area contributed by atoms with Crippen LogP contribution < -0.4 is 11.5 Å². The molecule has 1 aliphatic carbocycles. The lowest BCUT2D eigenvalue weighted by Gasteiger charge is -2.11. The van der Waals surface area contributed by atoms with Crippen LogP contribution in [0, 0.1) is 13.0 Å². The van der Waals surface area contributed by atoms with Crippen LogP contribution in [0.2, 0.25) is 0 Å². The van der Waals surface area contributed by atoms with E-state index in [-0.39, 0.29) is 24.4 Å². The van der Waals surface area contributed by atoms with E-state index in [1.165, 1.54) is 23.1 Å². The molecule has 4 N–H and O–H groups in total. The second-order valence-corrected chi connectivity index (χ2v) is 7.02. The molecule has 0 fully saturated rings. The first-order valence-electron chi connectivity index (χ1n) is 9.00. The summed E-state index contributed by atoms with van der Waals surface area (Å²) in [5.41, 5.74) is 16.9. The quantitative estimate of drug-likeness (QED) is 0.667. The third-order valence-corrected chi connectivity index (χ3v) is 5.15. The number of carbonyl (C=O) groups excluding carboxylic acids is 1. The average Bonchev–Trinajstić information content (AvgIpc) is 3.17. The number of rotatable bonds is 5. The zero-order chi connectivity index (χ0) is 19.1. The van der Waals surface area contributed by atoms with Crippen molar-refractivity contribution in [1.29, 1.82) is 0 Å². The molecule has 1 aliphatic rings. The molecule has 0 radical (unpaired) electrons. The number of aryl methyl sites for hydroxylation is 4. The number of nitrogen functional groups attached to an aromatic ring is 1. The summed E-state index contributed by atoms with van der Waals surface area (Å²) in [5, 5.41) is 0. The number of primary amides is 1. The number of fused-ring (bicyclic) bond motifs is 2. The lowest BCUT2D eigenvalue weighted by atomic mass is 9.98. The fraction of sp³-hybridized carbons (Fsp3) is 0.368. The molecule has 1 amide bonds. The zero-order valence-electron chi connectivity index (χ0n) is 15.1. The highest BCUT2D eigenvalue weighted by molar-refractivity contribution is 5.82. The Labute approximate surface area is 155 Å². The van der Waals surface area contributed by atoms with Crippen molar-refractivity contribution in [2.45, 2.75) is 45.6 Å². The molecule has 2 aromatic heterocycles. The Morgan fingerprint density at radius 1 is 1.22 bits per heavy atom. The maximum absolute atomic E-state index is 13.7. The first-order valence-corrected chi connectivity index (χ1v) is 9.00. The highest BCUT2D eigenvalue weighted by Gasteiger charge is 2.19. The predicted octanol–water partition coefficient (Wildman–Crippen LogP) is 1.81. The SMILES string of the molecule is Cc1cc2c(cc1Cc1nc3c(N)nc(F)nc3n1CCC(N)=O)CCC2. The van der Waals surface area contributed by atoms with Crippen molar-refractivity contribution in [3.8, 4) is 0 Å². The highest BCUT2D eigenvalue weighted by Crippen LogP contribution is 2.28. The maximum Gasteiger partial charge on any atom is 0.312 e. The van der Waals surface area contributed by atoms with Crippen LogP contribution in [-0.4, -0.2) is 25.4 Å². The zero-order valence-corrected chi connectivity index (χ0v) is 15.1. The minimum absolute atomic E-state index is 0.0118. The van der Waals surface area contributed by atoms with Gasteiger partial charge in [0.05, 0.1) is 0 Å². The van der Waals surface area contributed by atoms with Crippen LogP contribution in [0.5, 0.6) is 0 Å². The number of halogens is 1. The van der Waals surface area contributed by atoms with E-state index in [1.54, 1.807) is 4.57 Å². The molecule has 0 aliphatic heterocycles. The van der Waals surface area contributed by atoms with Gasteiger partial charge in [-0.1, -0.05) is 12.1 Å². The number of hydrogen-bond acceptors (Lipinski definition) is 5. The fourth-order valence-electron chi connectivity index (χ4n) is 3.79. The van der Waals surface area contributed by atoms with Gasteiger partial charge in [-0.25, -0.2) is 4.98 Å². The summed E-state index contributed by atoms with van der Waals surface area (Å²) in [7, 11) is 0. The molecule has 0 atom stereocenters. The maximum atomic E-state index is 13.7. The van der Waals surface area contributed by atoms with Crippen LogP contribution in [0.3, 0.4) is 0 Å². The van der Waals surface area contributed by atoms with Gasteiger partial charge >= 0.3 is 6.08 Å². The summed E-state index contributed by atoms with van der Waals surface area (Å²) < 4.78 is 15.4. The van der Waals surface area contributed by atoms with Gasteiger partial charge in [0.25, 0.3) is 0 Å². The van der Waals surface area contributed by atoms with E-state index < -0.39 is 12.0 Å². The molecule has 2 heterocycles. The Kier molecular flexibility index (Phi) is 4.25. The second kappa shape index (κ2) is 6.61. The predicted molar refractivity (Wildman–Crippen MR) is 99.5 cm³/mol. The number of hydrogen-bond donors (Lipinski definition) is 2. The van der Waals surface area contributed by atoms with Crippen LogP contribution >= 0.6 is 0 Å². The number of carbonyl (C=O) groups is 1. The van der Waals surface area contributed by atoms with E-state index in [0.717, 1.165) is 18.4 Å². The van der Waals surface area contributed by atoms with Gasteiger partial charge in [0.2, 0.25) is 5.91 Å². The molecule has 0 bridgehead atoms. The summed E-state index contributed by atoms with van der Waals surface area (Å²) in [6.07, 6.45) is 3.12. The van der Waals surface area contributed by atoms with Crippen molar-refractivity contribution in [3.63, 3.8) is 0 Å². The third-order valence-electron chi connectivity index (χ3n) is 5.15. The minimum atomic E-state index is -0.916. The Morgan fingerprint density at radius 3 is 2.70 bits per heavy atom. The van der Waals surface area contributed by atoms with Crippen LogP contribution in [-0.2, 0) is 30.6 Å². The van der Waals surface area contributed by atoms with Crippen molar-refractivity contribution in [1.82, 2.24) is 19.5 Å². The number of anilines is 1. The van der Waals surface area contributed by atoms with Gasteiger partial charge < -0.3 is 16.0 Å². The van der Waals surface area contributed by atoms with Crippen LogP contribution in [0.1, 0.15) is 40.9 Å². The van der Waals surface area contributed by atoms with Crippen molar-refractivity contribution in [2.75, 3.05) is 5.73 Å². The number of benzene rings is 1. The molecule has 0 saturated carbocycles. The molecule has 0 spiro atoms. The monoisotopic (exact) mass is 368 g/mol. The van der Waals surface area contributed by atoms with Crippen LogP contribution in [0.4, 0.5) is 10.2 Å². The Morgan fingerprint density at radius 2 is 1.96 bits per heavy atom. The van der Waals surface area contributed by atoms with Crippen LogP contribution in [0.15, 0.2) is 12.1 Å². The molecular formula is C19H21FN6O. The van der Waals surface area contributed by atoms with E-state index in [0.29, 0.717) is 17.8 Å². The van der Waals surface area contributed by atoms with Crippen molar-refractivity contribution in [2.24, 2.45) is 5.73 Å². The molecule has 1 aromatic carbocycles. The second-order valence-electron chi connectivity index (χ2n) is 7.02. The summed E-state index contributed by atoms with van der Waals surface area (Å²) >= 11 is 0. The van der Waals surface area contributed by atoms with Crippen molar-refractivity contribution in [3.05, 3.63) is 46.3 Å². The molecular weight excluding hydrogens is 347 g/mol. The van der Waals surface area contributed by atoms with Crippen molar-refractivity contribution < 1.29 is 9.18 Å². The normalized spacial score (nSPS) is 13.3. The largest absolute Gasteiger partial charge is 0.382 e. The number of nitrogens with zero attached hydrogens (tertiary/aromatic N) is 4. The third kappa shape index (κ3) is 3.22. The van der Waals surface area contributed by atoms with E-state index in [1.807, 2.05) is 0 Å². The molecule has 140 valence electrons. The van der Waals surface area contributed by atoms with E-state index in [9.17, 15) is 9.18 Å². The van der Waals surface area contributed by atoms with E-state index >= 15 is 0 Å². The number of amides is 1. The van der Waals surface area contributed by atoms with E-state index in [4.69, 9.17) is 11.5 Å². The number of imidazole rings is 1. The molecule has 4 rings (SSSR count). The first kappa shape index (κ1) is 17.4. The Bertz CT molecular complexity index is 1060. The molecule has 0 saturated heterocycles. The van der Waals surface area contributed by atoms with Crippen molar-refractivity contribution >= 4 is 22.9 Å². The van der Waals surface area contributed by atoms with Gasteiger partial charge in [-0.05, 0) is 48.4 Å². The molecule has 27 heavy (non-hydrogen) atoms. The van der Waals surface area contributed by atoms with Gasteiger partial charge in [0, 0.05) is 19.4 Å². The lowest BCUT2D eigenvalue weighted by Crippen LogP contribution is -2.16. The Hall–Kier alpha value is -3.03. The van der Waals surface area contributed by atoms with Gasteiger partial charge in [-0.15, -0.1) is 0 Å². The molecule has 7 nitrogen and oxygen atoms in total. The number of nitrogens with two attached hydrogens (primary N) is 2.